The molecule has 0 spiro atoms. The summed E-state index contributed by atoms with van der Waals surface area (Å²) in [7, 11) is 1.91. The molecule has 0 radical (unpaired) electrons. The highest BCUT2D eigenvalue weighted by molar-refractivity contribution is 5.53. The predicted molar refractivity (Wildman–Crippen MR) is 75.7 cm³/mol. The third-order valence-electron chi connectivity index (χ3n) is 3.24. The second-order valence-corrected chi connectivity index (χ2v) is 4.55. The molecule has 19 heavy (non-hydrogen) atoms. The molecule has 2 aromatic carbocycles. The van der Waals surface area contributed by atoms with Crippen LogP contribution in [0.5, 0.6) is 0 Å². The Bertz CT molecular complexity index is 528. The summed E-state index contributed by atoms with van der Waals surface area (Å²) in [6.07, 6.45) is 0.888. The molecule has 0 bridgehead atoms. The molecule has 2 nitrogen and oxygen atoms in total. The molecule has 0 heterocycles. The smallest absolute Gasteiger partial charge is 0.130 e. The summed E-state index contributed by atoms with van der Waals surface area (Å²) in [5.74, 6) is -0.355. The van der Waals surface area contributed by atoms with Gasteiger partial charge in [0.1, 0.15) is 5.82 Å². The van der Waals surface area contributed by atoms with Gasteiger partial charge >= 0.3 is 0 Å². The maximum atomic E-state index is 13.6. The molecule has 2 rings (SSSR count). The number of likely N-dealkylation sites (N-methyl/N-ethyl adjacent to an activating group) is 1. The van der Waals surface area contributed by atoms with Crippen LogP contribution in [0.1, 0.15) is 11.1 Å². The van der Waals surface area contributed by atoms with E-state index in [4.69, 9.17) is 0 Å². The van der Waals surface area contributed by atoms with Crippen LogP contribution in [-0.4, -0.2) is 18.7 Å². The maximum Gasteiger partial charge on any atom is 0.130 e. The second-order valence-electron chi connectivity index (χ2n) is 4.55. The van der Waals surface area contributed by atoms with Crippen LogP contribution in [0.15, 0.2) is 48.5 Å². The standard InChI is InChI=1S/C16H18FNO/c1-18(11-10-13-6-3-2-4-7-13)16-9-5-8-15(17)14(16)12-19/h2-9,19H,10-12H2,1H3. The van der Waals surface area contributed by atoms with Gasteiger partial charge in [-0.05, 0) is 24.1 Å². The van der Waals surface area contributed by atoms with Gasteiger partial charge in [-0.2, -0.15) is 0 Å². The van der Waals surface area contributed by atoms with Gasteiger partial charge in [0.05, 0.1) is 6.61 Å². The van der Waals surface area contributed by atoms with Gasteiger partial charge < -0.3 is 10.0 Å². The summed E-state index contributed by atoms with van der Waals surface area (Å²) in [5.41, 5.74) is 2.35. The minimum atomic E-state index is -0.355. The van der Waals surface area contributed by atoms with Crippen LogP contribution in [0.4, 0.5) is 10.1 Å². The number of benzene rings is 2. The first-order chi connectivity index (χ1) is 9.22. The molecular formula is C16H18FNO. The number of anilines is 1. The molecular weight excluding hydrogens is 241 g/mol. The van der Waals surface area contributed by atoms with E-state index in [1.54, 1.807) is 6.07 Å². The van der Waals surface area contributed by atoms with E-state index in [1.165, 1.54) is 11.6 Å². The fraction of sp³-hybridized carbons (Fsp3) is 0.250. The van der Waals surface area contributed by atoms with Crippen molar-refractivity contribution in [1.82, 2.24) is 0 Å². The van der Waals surface area contributed by atoms with Crippen molar-refractivity contribution >= 4 is 5.69 Å². The van der Waals surface area contributed by atoms with Crippen LogP contribution in [0, 0.1) is 5.82 Å². The van der Waals surface area contributed by atoms with Gasteiger partial charge in [0.25, 0.3) is 0 Å². The monoisotopic (exact) mass is 259 g/mol. The average Bonchev–Trinajstić information content (AvgIpc) is 2.45. The van der Waals surface area contributed by atoms with Crippen LogP contribution in [0.3, 0.4) is 0 Å². The molecule has 0 fully saturated rings. The van der Waals surface area contributed by atoms with E-state index < -0.39 is 0 Å². The molecule has 0 aliphatic heterocycles. The highest BCUT2D eigenvalue weighted by Crippen LogP contribution is 2.22. The number of hydrogen-bond donors (Lipinski definition) is 1. The van der Waals surface area contributed by atoms with Crippen LogP contribution in [0.25, 0.3) is 0 Å². The molecule has 2 aromatic rings. The van der Waals surface area contributed by atoms with Crippen LogP contribution < -0.4 is 4.90 Å². The van der Waals surface area contributed by atoms with E-state index in [-0.39, 0.29) is 12.4 Å². The van der Waals surface area contributed by atoms with Crippen molar-refractivity contribution in [2.45, 2.75) is 13.0 Å². The Morgan fingerprint density at radius 1 is 1.05 bits per heavy atom. The summed E-state index contributed by atoms with van der Waals surface area (Å²) in [5, 5.41) is 9.27. The topological polar surface area (TPSA) is 23.5 Å². The minimum Gasteiger partial charge on any atom is -0.391 e. The lowest BCUT2D eigenvalue weighted by Crippen LogP contribution is -2.22. The average molecular weight is 259 g/mol. The Labute approximate surface area is 113 Å². The third kappa shape index (κ3) is 3.32. The molecule has 0 atom stereocenters. The number of rotatable bonds is 5. The van der Waals surface area contributed by atoms with Crippen molar-refractivity contribution in [2.24, 2.45) is 0 Å². The van der Waals surface area contributed by atoms with E-state index in [2.05, 4.69) is 12.1 Å². The number of hydrogen-bond acceptors (Lipinski definition) is 2. The van der Waals surface area contributed by atoms with Crippen LogP contribution >= 0.6 is 0 Å². The Morgan fingerprint density at radius 3 is 2.47 bits per heavy atom. The molecule has 0 saturated carbocycles. The van der Waals surface area contributed by atoms with Gasteiger partial charge in [-0.25, -0.2) is 4.39 Å². The second kappa shape index (κ2) is 6.34. The summed E-state index contributed by atoms with van der Waals surface area (Å²) in [6, 6.07) is 15.0. The van der Waals surface area contributed by atoms with Gasteiger partial charge in [0.15, 0.2) is 0 Å². The van der Waals surface area contributed by atoms with Crippen molar-refractivity contribution in [1.29, 1.82) is 0 Å². The quantitative estimate of drug-likeness (QED) is 0.892. The fourth-order valence-electron chi connectivity index (χ4n) is 2.12. The zero-order valence-electron chi connectivity index (χ0n) is 11.0. The van der Waals surface area contributed by atoms with E-state index in [9.17, 15) is 9.50 Å². The van der Waals surface area contributed by atoms with E-state index in [0.29, 0.717) is 5.56 Å². The first-order valence-corrected chi connectivity index (χ1v) is 6.35. The molecule has 1 N–H and O–H groups in total. The summed E-state index contributed by atoms with van der Waals surface area (Å²) in [4.78, 5) is 1.97. The summed E-state index contributed by atoms with van der Waals surface area (Å²) in [6.45, 7) is 0.498. The van der Waals surface area contributed by atoms with Gasteiger partial charge in [-0.15, -0.1) is 0 Å². The van der Waals surface area contributed by atoms with Crippen molar-refractivity contribution in [3.8, 4) is 0 Å². The first kappa shape index (κ1) is 13.6. The van der Waals surface area contributed by atoms with E-state index in [1.807, 2.05) is 36.2 Å². The van der Waals surface area contributed by atoms with E-state index >= 15 is 0 Å². The molecule has 100 valence electrons. The first-order valence-electron chi connectivity index (χ1n) is 6.35. The molecule has 3 heteroatoms. The Hall–Kier alpha value is -1.87. The summed E-state index contributed by atoms with van der Waals surface area (Å²) >= 11 is 0. The Kier molecular flexibility index (Phi) is 4.53. The van der Waals surface area contributed by atoms with Crippen molar-refractivity contribution in [2.75, 3.05) is 18.5 Å². The zero-order valence-corrected chi connectivity index (χ0v) is 11.0. The maximum absolute atomic E-state index is 13.6. The highest BCUT2D eigenvalue weighted by atomic mass is 19.1. The van der Waals surface area contributed by atoms with Crippen LogP contribution in [0.2, 0.25) is 0 Å². The highest BCUT2D eigenvalue weighted by Gasteiger charge is 2.10. The molecule has 0 amide bonds. The van der Waals surface area contributed by atoms with Gasteiger partial charge in [0, 0.05) is 24.8 Å². The third-order valence-corrected chi connectivity index (χ3v) is 3.24. The number of nitrogens with zero attached hydrogens (tertiary/aromatic N) is 1. The fourth-order valence-corrected chi connectivity index (χ4v) is 2.12. The number of halogens is 1. The Morgan fingerprint density at radius 2 is 1.79 bits per heavy atom. The SMILES string of the molecule is CN(CCc1ccccc1)c1cccc(F)c1CO. The lowest BCUT2D eigenvalue weighted by atomic mass is 10.1. The summed E-state index contributed by atoms with van der Waals surface area (Å²) < 4.78 is 13.6. The van der Waals surface area contributed by atoms with Crippen LogP contribution in [-0.2, 0) is 13.0 Å². The lowest BCUT2D eigenvalue weighted by molar-refractivity contribution is 0.276. The molecule has 0 unspecified atom stereocenters. The van der Waals surface area contributed by atoms with Crippen molar-refractivity contribution in [3.63, 3.8) is 0 Å². The van der Waals surface area contributed by atoms with Crippen molar-refractivity contribution < 1.29 is 9.50 Å². The van der Waals surface area contributed by atoms with Gasteiger partial charge in [-0.3, -0.25) is 0 Å². The van der Waals surface area contributed by atoms with E-state index in [0.717, 1.165) is 18.7 Å². The Balaban J connectivity index is 2.08. The molecule has 0 aliphatic rings. The lowest BCUT2D eigenvalue weighted by Gasteiger charge is -2.22. The largest absolute Gasteiger partial charge is 0.391 e. The molecule has 0 aliphatic carbocycles. The van der Waals surface area contributed by atoms with Gasteiger partial charge in [0.2, 0.25) is 0 Å². The zero-order chi connectivity index (χ0) is 13.7. The predicted octanol–water partition coefficient (Wildman–Crippen LogP) is 3.00. The number of aliphatic hydroxyl groups is 1. The molecule has 0 aromatic heterocycles. The minimum absolute atomic E-state index is 0.280. The number of aliphatic hydroxyl groups excluding tert-OH is 1. The molecule has 0 saturated heterocycles. The van der Waals surface area contributed by atoms with Gasteiger partial charge in [-0.1, -0.05) is 36.4 Å². The van der Waals surface area contributed by atoms with Crippen molar-refractivity contribution in [3.05, 3.63) is 65.5 Å². The normalized spacial score (nSPS) is 10.5.